The first-order chi connectivity index (χ1) is 9.02. The molecule has 1 rings (SSSR count). The van der Waals surface area contributed by atoms with Gasteiger partial charge in [0.2, 0.25) is 5.91 Å². The summed E-state index contributed by atoms with van der Waals surface area (Å²) in [6.07, 6.45) is -0.983. The number of rotatable bonds is 6. The van der Waals surface area contributed by atoms with Crippen molar-refractivity contribution in [1.29, 1.82) is 0 Å². The lowest BCUT2D eigenvalue weighted by molar-refractivity contribution is -0.119. The van der Waals surface area contributed by atoms with E-state index in [0.717, 1.165) is 0 Å². The van der Waals surface area contributed by atoms with Gasteiger partial charge in [-0.1, -0.05) is 11.6 Å². The van der Waals surface area contributed by atoms with Gasteiger partial charge in [-0.3, -0.25) is 4.79 Å². The number of benzene rings is 1. The molecule has 104 valence electrons. The third-order valence-corrected chi connectivity index (χ3v) is 2.64. The summed E-state index contributed by atoms with van der Waals surface area (Å²) in [6, 6.07) is 6.17. The molecule has 1 amide bonds. The highest BCUT2D eigenvalue weighted by atomic mass is 35.5. The van der Waals surface area contributed by atoms with E-state index in [9.17, 15) is 14.7 Å². The van der Waals surface area contributed by atoms with Crippen LogP contribution in [0.25, 0.3) is 0 Å². The summed E-state index contributed by atoms with van der Waals surface area (Å²) in [7, 11) is 0. The molecule has 7 heteroatoms. The Morgan fingerprint density at radius 2 is 1.95 bits per heavy atom. The molecule has 0 fully saturated rings. The van der Waals surface area contributed by atoms with E-state index < -0.39 is 18.0 Å². The van der Waals surface area contributed by atoms with Crippen molar-refractivity contribution < 1.29 is 19.4 Å². The third kappa shape index (κ3) is 5.92. The second-order valence-electron chi connectivity index (χ2n) is 3.70. The Kier molecular flexibility index (Phi) is 6.62. The quantitative estimate of drug-likeness (QED) is 0.612. The van der Waals surface area contributed by atoms with Crippen LogP contribution < -0.4 is 5.32 Å². The number of aliphatic hydroxyl groups excluding tert-OH is 1. The molecule has 0 bridgehead atoms. The number of hydrogen-bond acceptors (Lipinski definition) is 4. The molecule has 0 saturated carbocycles. The van der Waals surface area contributed by atoms with Gasteiger partial charge in [-0.25, -0.2) is 4.79 Å². The van der Waals surface area contributed by atoms with Crippen LogP contribution in [0.3, 0.4) is 0 Å². The second kappa shape index (κ2) is 7.99. The minimum absolute atomic E-state index is 0.0283. The second-order valence-corrected chi connectivity index (χ2v) is 4.40. The number of carbonyl (C=O) groups is 2. The fourth-order valence-electron chi connectivity index (χ4n) is 1.18. The highest BCUT2D eigenvalue weighted by Crippen LogP contribution is 2.10. The Balaban J connectivity index is 2.33. The summed E-state index contributed by atoms with van der Waals surface area (Å²) in [5.41, 5.74) is 0.335. The van der Waals surface area contributed by atoms with Gasteiger partial charge >= 0.3 is 5.97 Å². The zero-order valence-corrected chi connectivity index (χ0v) is 11.4. The molecule has 1 atom stereocenters. The third-order valence-electron chi connectivity index (χ3n) is 2.14. The molecule has 2 N–H and O–H groups in total. The molecule has 1 unspecified atom stereocenters. The summed E-state index contributed by atoms with van der Waals surface area (Å²) in [6.45, 7) is -0.247. The fourth-order valence-corrected chi connectivity index (χ4v) is 1.40. The summed E-state index contributed by atoms with van der Waals surface area (Å²) < 4.78 is 4.88. The SMILES string of the molecule is O=C(CCl)NCC(O)COC(=O)c1ccc(Cl)cc1. The first kappa shape index (κ1) is 15.8. The van der Waals surface area contributed by atoms with Crippen LogP contribution in [0.4, 0.5) is 0 Å². The lowest BCUT2D eigenvalue weighted by Gasteiger charge is -2.11. The van der Waals surface area contributed by atoms with Crippen molar-refractivity contribution in [2.45, 2.75) is 6.10 Å². The molecule has 0 aliphatic rings. The number of ether oxygens (including phenoxy) is 1. The Bertz CT molecular complexity index is 436. The summed E-state index contributed by atoms with van der Waals surface area (Å²) >= 11 is 11.0. The average Bonchev–Trinajstić information content (AvgIpc) is 2.42. The topological polar surface area (TPSA) is 75.6 Å². The maximum absolute atomic E-state index is 11.6. The molecule has 1 aromatic rings. The lowest BCUT2D eigenvalue weighted by atomic mass is 10.2. The van der Waals surface area contributed by atoms with E-state index in [-0.39, 0.29) is 19.0 Å². The summed E-state index contributed by atoms with van der Waals surface area (Å²) in [4.78, 5) is 22.4. The van der Waals surface area contributed by atoms with E-state index in [4.69, 9.17) is 27.9 Å². The van der Waals surface area contributed by atoms with Gasteiger partial charge in [0.1, 0.15) is 18.6 Å². The molecule has 0 radical (unpaired) electrons. The van der Waals surface area contributed by atoms with E-state index in [1.54, 1.807) is 12.1 Å². The normalized spacial score (nSPS) is 11.7. The molecule has 0 saturated heterocycles. The van der Waals surface area contributed by atoms with Gasteiger partial charge in [-0.2, -0.15) is 0 Å². The number of carbonyl (C=O) groups excluding carboxylic acids is 2. The van der Waals surface area contributed by atoms with E-state index in [2.05, 4.69) is 5.32 Å². The predicted molar refractivity (Wildman–Crippen MR) is 71.5 cm³/mol. The van der Waals surface area contributed by atoms with Gasteiger partial charge < -0.3 is 15.2 Å². The number of nitrogens with one attached hydrogen (secondary N) is 1. The lowest BCUT2D eigenvalue weighted by Crippen LogP contribution is -2.35. The van der Waals surface area contributed by atoms with Crippen molar-refractivity contribution in [1.82, 2.24) is 5.32 Å². The highest BCUT2D eigenvalue weighted by Gasteiger charge is 2.11. The molecule has 1 aromatic carbocycles. The first-order valence-corrected chi connectivity index (χ1v) is 6.37. The van der Waals surface area contributed by atoms with E-state index in [1.807, 2.05) is 0 Å². The number of aliphatic hydroxyl groups is 1. The molecule has 19 heavy (non-hydrogen) atoms. The van der Waals surface area contributed by atoms with Crippen LogP contribution in [-0.4, -0.2) is 42.1 Å². The van der Waals surface area contributed by atoms with E-state index >= 15 is 0 Å². The predicted octanol–water partition coefficient (Wildman–Crippen LogP) is 1.21. The molecular formula is C12H13Cl2NO4. The molecule has 0 heterocycles. The van der Waals surface area contributed by atoms with Gasteiger partial charge in [-0.05, 0) is 24.3 Å². The Morgan fingerprint density at radius 1 is 1.32 bits per heavy atom. The van der Waals surface area contributed by atoms with Gasteiger partial charge in [0.25, 0.3) is 0 Å². The zero-order valence-electron chi connectivity index (χ0n) is 9.94. The number of esters is 1. The molecule has 0 aliphatic heterocycles. The van der Waals surface area contributed by atoms with Crippen LogP contribution >= 0.6 is 23.2 Å². The van der Waals surface area contributed by atoms with Crippen LogP contribution in [-0.2, 0) is 9.53 Å². The van der Waals surface area contributed by atoms with Gasteiger partial charge in [0.15, 0.2) is 0 Å². The van der Waals surface area contributed by atoms with Crippen LogP contribution in [0.15, 0.2) is 24.3 Å². The highest BCUT2D eigenvalue weighted by molar-refractivity contribution is 6.30. The van der Waals surface area contributed by atoms with Crippen molar-refractivity contribution in [2.75, 3.05) is 19.0 Å². The number of alkyl halides is 1. The molecule has 5 nitrogen and oxygen atoms in total. The van der Waals surface area contributed by atoms with Crippen molar-refractivity contribution in [3.63, 3.8) is 0 Å². The molecule has 0 spiro atoms. The largest absolute Gasteiger partial charge is 0.459 e. The Labute approximate surface area is 120 Å². The van der Waals surface area contributed by atoms with Gasteiger partial charge in [0.05, 0.1) is 5.56 Å². The molecule has 0 aliphatic carbocycles. The monoisotopic (exact) mass is 305 g/mol. The van der Waals surface area contributed by atoms with Crippen molar-refractivity contribution in [3.05, 3.63) is 34.9 Å². The molecule has 0 aromatic heterocycles. The minimum Gasteiger partial charge on any atom is -0.459 e. The van der Waals surface area contributed by atoms with Crippen LogP contribution in [0.1, 0.15) is 10.4 Å². The van der Waals surface area contributed by atoms with Crippen molar-refractivity contribution in [2.24, 2.45) is 0 Å². The fraction of sp³-hybridized carbons (Fsp3) is 0.333. The van der Waals surface area contributed by atoms with Gasteiger partial charge in [0, 0.05) is 11.6 Å². The van der Waals surface area contributed by atoms with Gasteiger partial charge in [-0.15, -0.1) is 11.6 Å². The minimum atomic E-state index is -0.983. The Hall–Kier alpha value is -1.30. The van der Waals surface area contributed by atoms with E-state index in [0.29, 0.717) is 10.6 Å². The maximum Gasteiger partial charge on any atom is 0.338 e. The number of hydrogen-bond donors (Lipinski definition) is 2. The van der Waals surface area contributed by atoms with Crippen LogP contribution in [0, 0.1) is 0 Å². The maximum atomic E-state index is 11.6. The van der Waals surface area contributed by atoms with Crippen LogP contribution in [0.2, 0.25) is 5.02 Å². The average molecular weight is 306 g/mol. The summed E-state index contributed by atoms with van der Waals surface area (Å²) in [5.74, 6) is -1.15. The van der Waals surface area contributed by atoms with Crippen LogP contribution in [0.5, 0.6) is 0 Å². The van der Waals surface area contributed by atoms with Crippen molar-refractivity contribution >= 4 is 35.1 Å². The Morgan fingerprint density at radius 3 is 2.53 bits per heavy atom. The smallest absolute Gasteiger partial charge is 0.338 e. The van der Waals surface area contributed by atoms with Crippen molar-refractivity contribution in [3.8, 4) is 0 Å². The first-order valence-electron chi connectivity index (χ1n) is 5.46. The summed E-state index contributed by atoms with van der Waals surface area (Å²) in [5, 5.41) is 12.4. The molecular weight excluding hydrogens is 293 g/mol. The number of halogens is 2. The zero-order chi connectivity index (χ0) is 14.3. The van der Waals surface area contributed by atoms with E-state index in [1.165, 1.54) is 12.1 Å². The number of amides is 1. The standard InChI is InChI=1S/C12H13Cl2NO4/c13-5-11(17)15-6-10(16)7-19-12(18)8-1-3-9(14)4-2-8/h1-4,10,16H,5-7H2,(H,15,17).